The van der Waals surface area contributed by atoms with Crippen LogP contribution in [0.15, 0.2) is 36.4 Å². The summed E-state index contributed by atoms with van der Waals surface area (Å²) in [7, 11) is 1.61. The van der Waals surface area contributed by atoms with E-state index in [-0.39, 0.29) is 18.1 Å². The molecule has 9 heteroatoms. The maximum atomic E-state index is 13.3. The van der Waals surface area contributed by atoms with E-state index in [1.54, 1.807) is 32.2 Å². The van der Waals surface area contributed by atoms with Crippen molar-refractivity contribution in [1.82, 2.24) is 4.90 Å². The smallest absolute Gasteiger partial charge is 0.241 e. The Morgan fingerprint density at radius 1 is 0.935 bits per heavy atom. The topological polar surface area (TPSA) is 79.9 Å². The molecule has 0 saturated carbocycles. The summed E-state index contributed by atoms with van der Waals surface area (Å²) in [4.78, 5) is 26.3. The van der Waals surface area contributed by atoms with Gasteiger partial charge in [0.2, 0.25) is 11.8 Å². The van der Waals surface area contributed by atoms with Crippen LogP contribution in [0.3, 0.4) is 0 Å². The number of amides is 2. The predicted octanol–water partition coefficient (Wildman–Crippen LogP) is 3.66. The molecule has 0 aliphatic rings. The van der Waals surface area contributed by atoms with E-state index < -0.39 is 23.6 Å². The van der Waals surface area contributed by atoms with Gasteiger partial charge >= 0.3 is 0 Å². The van der Waals surface area contributed by atoms with Gasteiger partial charge < -0.3 is 20.1 Å². The maximum absolute atomic E-state index is 13.3. The summed E-state index contributed by atoms with van der Waals surface area (Å²) in [5.41, 5.74) is 0.663. The van der Waals surface area contributed by atoms with Gasteiger partial charge in [-0.25, -0.2) is 8.78 Å². The second-order valence-electron chi connectivity index (χ2n) is 6.78. The van der Waals surface area contributed by atoms with E-state index in [0.29, 0.717) is 30.4 Å². The molecule has 0 fully saturated rings. The summed E-state index contributed by atoms with van der Waals surface area (Å²) in [6.07, 6.45) is 0. The van der Waals surface area contributed by atoms with Gasteiger partial charge in [0.25, 0.3) is 0 Å². The third-order valence-electron chi connectivity index (χ3n) is 4.45. The Balaban J connectivity index is 1.95. The van der Waals surface area contributed by atoms with Gasteiger partial charge in [-0.1, -0.05) is 0 Å². The molecule has 0 aliphatic heterocycles. The number of anilines is 2. The molecule has 1 atom stereocenters. The van der Waals surface area contributed by atoms with Crippen LogP contribution in [0.5, 0.6) is 11.5 Å². The van der Waals surface area contributed by atoms with Crippen LogP contribution < -0.4 is 20.1 Å². The Bertz CT molecular complexity index is 924. The minimum atomic E-state index is -1.06. The fourth-order valence-corrected chi connectivity index (χ4v) is 2.71. The molecular weight excluding hydrogens is 408 g/mol. The first-order valence-corrected chi connectivity index (χ1v) is 9.90. The van der Waals surface area contributed by atoms with Crippen molar-refractivity contribution in [1.29, 1.82) is 0 Å². The summed E-state index contributed by atoms with van der Waals surface area (Å²) in [5.74, 6) is -1.74. The quantitative estimate of drug-likeness (QED) is 0.596. The monoisotopic (exact) mass is 435 g/mol. The summed E-state index contributed by atoms with van der Waals surface area (Å²) >= 11 is 0. The Kier molecular flexibility index (Phi) is 8.75. The third kappa shape index (κ3) is 6.92. The maximum Gasteiger partial charge on any atom is 0.241 e. The van der Waals surface area contributed by atoms with Gasteiger partial charge in [0.15, 0.2) is 23.1 Å². The first-order valence-electron chi connectivity index (χ1n) is 9.90. The first kappa shape index (κ1) is 24.1. The molecule has 2 aromatic rings. The van der Waals surface area contributed by atoms with Gasteiger partial charge in [-0.05, 0) is 52.1 Å². The number of nitrogens with one attached hydrogen (secondary N) is 2. The number of benzene rings is 2. The molecule has 2 rings (SSSR count). The van der Waals surface area contributed by atoms with E-state index in [1.807, 2.05) is 13.8 Å². The molecule has 0 radical (unpaired) electrons. The number of rotatable bonds is 10. The Morgan fingerprint density at radius 3 is 2.19 bits per heavy atom. The molecule has 1 unspecified atom stereocenters. The highest BCUT2D eigenvalue weighted by molar-refractivity contribution is 5.96. The molecule has 2 N–H and O–H groups in total. The lowest BCUT2D eigenvalue weighted by molar-refractivity contribution is -0.122. The highest BCUT2D eigenvalue weighted by Gasteiger charge is 2.21. The van der Waals surface area contributed by atoms with Crippen molar-refractivity contribution in [3.8, 4) is 11.5 Å². The Morgan fingerprint density at radius 2 is 1.55 bits per heavy atom. The van der Waals surface area contributed by atoms with Crippen LogP contribution >= 0.6 is 0 Å². The number of hydrogen-bond donors (Lipinski definition) is 2. The second-order valence-corrected chi connectivity index (χ2v) is 6.78. The minimum Gasteiger partial charge on any atom is -0.490 e. The second kappa shape index (κ2) is 11.3. The van der Waals surface area contributed by atoms with Gasteiger partial charge in [-0.15, -0.1) is 0 Å². The lowest BCUT2D eigenvalue weighted by Gasteiger charge is -2.23. The van der Waals surface area contributed by atoms with Crippen LogP contribution in [0.2, 0.25) is 0 Å². The number of carbonyl (C=O) groups excluding carboxylic acids is 2. The average Bonchev–Trinajstić information content (AvgIpc) is 2.72. The zero-order valence-corrected chi connectivity index (χ0v) is 18.0. The molecule has 0 heterocycles. The number of halogens is 2. The summed E-state index contributed by atoms with van der Waals surface area (Å²) < 4.78 is 37.4. The van der Waals surface area contributed by atoms with Crippen molar-refractivity contribution in [3.05, 3.63) is 48.0 Å². The highest BCUT2D eigenvalue weighted by Crippen LogP contribution is 2.30. The number of hydrogen-bond acceptors (Lipinski definition) is 5. The molecule has 31 heavy (non-hydrogen) atoms. The summed E-state index contributed by atoms with van der Waals surface area (Å²) in [6.45, 7) is 6.19. The zero-order chi connectivity index (χ0) is 23.0. The van der Waals surface area contributed by atoms with Gasteiger partial charge in [-0.3, -0.25) is 14.5 Å². The summed E-state index contributed by atoms with van der Waals surface area (Å²) in [6, 6.07) is 7.48. The van der Waals surface area contributed by atoms with Crippen LogP contribution in [0, 0.1) is 11.6 Å². The van der Waals surface area contributed by atoms with Crippen molar-refractivity contribution in [2.75, 3.05) is 37.4 Å². The molecule has 0 bridgehead atoms. The largest absolute Gasteiger partial charge is 0.490 e. The first-order chi connectivity index (χ1) is 14.7. The average molecular weight is 435 g/mol. The lowest BCUT2D eigenvalue weighted by Crippen LogP contribution is -2.43. The molecule has 168 valence electrons. The normalized spacial score (nSPS) is 11.7. The van der Waals surface area contributed by atoms with Gasteiger partial charge in [0, 0.05) is 23.5 Å². The van der Waals surface area contributed by atoms with Crippen LogP contribution in [-0.4, -0.2) is 49.6 Å². The Labute approximate surface area is 180 Å². The fourth-order valence-electron chi connectivity index (χ4n) is 2.71. The van der Waals surface area contributed by atoms with E-state index in [2.05, 4.69) is 10.6 Å². The lowest BCUT2D eigenvalue weighted by atomic mass is 10.2. The number of ether oxygens (including phenoxy) is 2. The van der Waals surface area contributed by atoms with E-state index in [4.69, 9.17) is 9.47 Å². The molecular formula is C22H27F2N3O4. The minimum absolute atomic E-state index is 0.0659. The standard InChI is InChI=1S/C22H27F2N3O4/c1-5-30-19-10-8-16(12-20(19)31-6-2)25-21(28)13-27(4)14(3)22(29)26-15-7-9-17(23)18(24)11-15/h7-12,14H,5-6,13H2,1-4H3,(H,25,28)(H,26,29). The zero-order valence-electron chi connectivity index (χ0n) is 18.0. The molecule has 2 aromatic carbocycles. The third-order valence-corrected chi connectivity index (χ3v) is 4.45. The van der Waals surface area contributed by atoms with Crippen LogP contribution in [-0.2, 0) is 9.59 Å². The van der Waals surface area contributed by atoms with Gasteiger partial charge in [-0.2, -0.15) is 0 Å². The van der Waals surface area contributed by atoms with E-state index in [9.17, 15) is 18.4 Å². The van der Waals surface area contributed by atoms with Crippen LogP contribution in [0.1, 0.15) is 20.8 Å². The van der Waals surface area contributed by atoms with E-state index in [1.165, 1.54) is 11.0 Å². The molecule has 2 amide bonds. The SMILES string of the molecule is CCOc1ccc(NC(=O)CN(C)C(C)C(=O)Nc2ccc(F)c(F)c2)cc1OCC. The summed E-state index contributed by atoms with van der Waals surface area (Å²) in [5, 5.41) is 5.26. The van der Waals surface area contributed by atoms with Gasteiger partial charge in [0.05, 0.1) is 25.8 Å². The van der Waals surface area contributed by atoms with Crippen molar-refractivity contribution < 1.29 is 27.8 Å². The fraction of sp³-hybridized carbons (Fsp3) is 0.364. The van der Waals surface area contributed by atoms with Gasteiger partial charge in [0.1, 0.15) is 0 Å². The molecule has 0 spiro atoms. The van der Waals surface area contributed by atoms with Crippen molar-refractivity contribution >= 4 is 23.2 Å². The highest BCUT2D eigenvalue weighted by atomic mass is 19.2. The van der Waals surface area contributed by atoms with Crippen molar-refractivity contribution in [2.24, 2.45) is 0 Å². The number of likely N-dealkylation sites (N-methyl/N-ethyl adjacent to an activating group) is 1. The molecule has 0 aliphatic carbocycles. The van der Waals surface area contributed by atoms with Crippen molar-refractivity contribution in [2.45, 2.75) is 26.8 Å². The van der Waals surface area contributed by atoms with Crippen molar-refractivity contribution in [3.63, 3.8) is 0 Å². The molecule has 7 nitrogen and oxygen atoms in total. The van der Waals surface area contributed by atoms with Crippen LogP contribution in [0.4, 0.5) is 20.2 Å². The number of nitrogens with zero attached hydrogens (tertiary/aromatic N) is 1. The van der Waals surface area contributed by atoms with E-state index in [0.717, 1.165) is 12.1 Å². The van der Waals surface area contributed by atoms with E-state index >= 15 is 0 Å². The molecule has 0 aromatic heterocycles. The molecule has 0 saturated heterocycles. The number of carbonyl (C=O) groups is 2. The van der Waals surface area contributed by atoms with Crippen LogP contribution in [0.25, 0.3) is 0 Å². The predicted molar refractivity (Wildman–Crippen MR) is 114 cm³/mol. The Hall–Kier alpha value is -3.20.